The van der Waals surface area contributed by atoms with Crippen LogP contribution in [0.4, 0.5) is 0 Å². The second kappa shape index (κ2) is 10.7. The molecule has 31 heavy (non-hydrogen) atoms. The van der Waals surface area contributed by atoms with Gasteiger partial charge in [-0.25, -0.2) is 0 Å². The standard InChI is InChI=1S/C23H51O4Si3.U/c1-21(2,3)28(10,11)25-17-18-20(27-30(14,15)23(7,8)9)19(16-24-18)26-29(12,13)22(4,5)6;/h16,18-20H,17H2,1-15H3;/q-1;/t18-,19?,20?;/m1./s1. The summed E-state index contributed by atoms with van der Waals surface area (Å²) in [6.45, 7) is 36.7. The molecular weight excluding hydrogens is 663 g/mol. The summed E-state index contributed by atoms with van der Waals surface area (Å²) >= 11 is 0. The van der Waals surface area contributed by atoms with Crippen molar-refractivity contribution in [3.63, 3.8) is 0 Å². The monoisotopic (exact) mass is 713 g/mol. The average Bonchev–Trinajstić information content (AvgIpc) is 2.82. The molecule has 0 spiro atoms. The van der Waals surface area contributed by atoms with E-state index in [2.05, 4.69) is 102 Å². The van der Waals surface area contributed by atoms with E-state index < -0.39 is 25.0 Å². The first-order valence-electron chi connectivity index (χ1n) is 11.5. The van der Waals surface area contributed by atoms with Crippen LogP contribution in [0.5, 0.6) is 0 Å². The first kappa shape index (κ1) is 32.5. The average molecular weight is 714 g/mol. The Balaban J connectivity index is 0.00000900. The summed E-state index contributed by atoms with van der Waals surface area (Å²) in [5.74, 6) is 0. The number of rotatable bonds is 7. The van der Waals surface area contributed by atoms with Crippen molar-refractivity contribution in [2.24, 2.45) is 0 Å². The molecule has 0 amide bonds. The second-order valence-electron chi connectivity index (χ2n) is 13.6. The molecule has 4 nitrogen and oxygen atoms in total. The van der Waals surface area contributed by atoms with Gasteiger partial charge in [-0.15, -0.1) is 0 Å². The number of ether oxygens (including phenoxy) is 1. The number of hydrogen-bond donors (Lipinski definition) is 0. The summed E-state index contributed by atoms with van der Waals surface area (Å²) in [5, 5.41) is 0.433. The maximum atomic E-state index is 6.91. The van der Waals surface area contributed by atoms with Gasteiger partial charge in [0.1, 0.15) is 0 Å². The molecule has 0 aliphatic carbocycles. The Bertz CT molecular complexity index is 575. The molecule has 1 aliphatic rings. The predicted octanol–water partition coefficient (Wildman–Crippen LogP) is 7.35. The van der Waals surface area contributed by atoms with E-state index in [1.807, 2.05) is 6.61 Å². The summed E-state index contributed by atoms with van der Waals surface area (Å²) in [6.07, 6.45) is -0.388. The maximum Gasteiger partial charge on any atom is 0.192 e. The largest absolute Gasteiger partial charge is 0.544 e. The minimum absolute atomic E-state index is 0. The van der Waals surface area contributed by atoms with E-state index in [4.69, 9.17) is 18.0 Å². The van der Waals surface area contributed by atoms with Crippen LogP contribution in [0.2, 0.25) is 54.4 Å². The Morgan fingerprint density at radius 3 is 1.45 bits per heavy atom. The van der Waals surface area contributed by atoms with Crippen molar-refractivity contribution >= 4 is 25.0 Å². The molecule has 1 rings (SSSR count). The zero-order chi connectivity index (χ0) is 24.0. The van der Waals surface area contributed by atoms with E-state index >= 15 is 0 Å². The Morgan fingerprint density at radius 2 is 1.06 bits per heavy atom. The van der Waals surface area contributed by atoms with Gasteiger partial charge in [0, 0.05) is 31.1 Å². The third kappa shape index (κ3) is 8.31. The van der Waals surface area contributed by atoms with Gasteiger partial charge in [0.05, 0.1) is 18.8 Å². The van der Waals surface area contributed by atoms with Crippen molar-refractivity contribution in [3.8, 4) is 0 Å². The van der Waals surface area contributed by atoms with Gasteiger partial charge < -0.3 is 18.0 Å². The molecule has 0 aromatic carbocycles. The van der Waals surface area contributed by atoms with Crippen LogP contribution < -0.4 is 0 Å². The van der Waals surface area contributed by atoms with Crippen LogP contribution in [0.15, 0.2) is 0 Å². The van der Waals surface area contributed by atoms with Gasteiger partial charge in [0.2, 0.25) is 0 Å². The van der Waals surface area contributed by atoms with Gasteiger partial charge >= 0.3 is 0 Å². The summed E-state index contributed by atoms with van der Waals surface area (Å²) in [6, 6.07) is 0. The summed E-state index contributed by atoms with van der Waals surface area (Å²) in [4.78, 5) is 0. The Labute approximate surface area is 221 Å². The summed E-state index contributed by atoms with van der Waals surface area (Å²) in [7, 11) is -5.82. The van der Waals surface area contributed by atoms with E-state index in [1.54, 1.807) is 0 Å². The molecule has 3 atom stereocenters. The van der Waals surface area contributed by atoms with Crippen LogP contribution in [-0.4, -0.2) is 49.9 Å². The van der Waals surface area contributed by atoms with E-state index in [0.717, 1.165) is 0 Å². The summed E-state index contributed by atoms with van der Waals surface area (Å²) in [5.41, 5.74) is 0. The minimum atomic E-state index is -2.00. The molecule has 0 bridgehead atoms. The molecule has 0 radical (unpaired) electrons. The molecule has 1 heterocycles. The van der Waals surface area contributed by atoms with Crippen molar-refractivity contribution in [1.29, 1.82) is 0 Å². The van der Waals surface area contributed by atoms with Crippen molar-refractivity contribution in [3.05, 3.63) is 6.61 Å². The molecule has 1 saturated heterocycles. The zero-order valence-electron chi connectivity index (χ0n) is 23.1. The molecule has 2 unspecified atom stereocenters. The quantitative estimate of drug-likeness (QED) is 0.204. The van der Waals surface area contributed by atoms with E-state index in [9.17, 15) is 0 Å². The van der Waals surface area contributed by atoms with E-state index in [-0.39, 0.29) is 64.5 Å². The van der Waals surface area contributed by atoms with Crippen molar-refractivity contribution in [1.82, 2.24) is 0 Å². The Kier molecular flexibility index (Phi) is 11.2. The molecule has 0 saturated carbocycles. The fourth-order valence-corrected chi connectivity index (χ4v) is 6.02. The third-order valence-corrected chi connectivity index (χ3v) is 21.4. The molecule has 1 aliphatic heterocycles. The fourth-order valence-electron chi connectivity index (χ4n) is 2.46. The molecular formula is C23H51O4Si3U-. The van der Waals surface area contributed by atoms with Crippen molar-refractivity contribution < 1.29 is 49.1 Å². The van der Waals surface area contributed by atoms with Gasteiger partial charge in [0.15, 0.2) is 25.0 Å². The van der Waals surface area contributed by atoms with Crippen molar-refractivity contribution in [2.45, 2.75) is 135 Å². The van der Waals surface area contributed by atoms with Crippen molar-refractivity contribution in [2.75, 3.05) is 6.61 Å². The van der Waals surface area contributed by atoms with E-state index in [1.165, 1.54) is 0 Å². The SMILES string of the molecule is CC(C)(C)[Si](C)(C)OC[C@H]1O[CH-]C(O[Si](C)(C)C(C)(C)C)C1O[Si](C)(C)C(C)(C)C.[U]. The zero-order valence-corrected chi connectivity index (χ0v) is 30.3. The molecule has 0 aromatic heterocycles. The van der Waals surface area contributed by atoms with Crippen LogP contribution in [0.25, 0.3) is 0 Å². The molecule has 0 aromatic rings. The summed E-state index contributed by atoms with van der Waals surface area (Å²) < 4.78 is 26.4. The van der Waals surface area contributed by atoms with Gasteiger partial charge in [-0.2, -0.15) is 6.61 Å². The minimum Gasteiger partial charge on any atom is -0.544 e. The van der Waals surface area contributed by atoms with Gasteiger partial charge in [-0.05, 0) is 60.5 Å². The molecule has 184 valence electrons. The predicted molar refractivity (Wildman–Crippen MR) is 136 cm³/mol. The normalized spacial score (nSPS) is 24.3. The molecule has 8 heteroatoms. The Morgan fingerprint density at radius 1 is 0.677 bits per heavy atom. The Hall–Kier alpha value is 1.54. The second-order valence-corrected chi connectivity index (χ2v) is 27.9. The topological polar surface area (TPSA) is 36.9 Å². The number of hydrogen-bond acceptors (Lipinski definition) is 4. The van der Waals surface area contributed by atoms with Gasteiger partial charge in [0.25, 0.3) is 0 Å². The van der Waals surface area contributed by atoms with Crippen LogP contribution in [0.1, 0.15) is 62.3 Å². The molecule has 0 N–H and O–H groups in total. The van der Waals surface area contributed by atoms with Crippen LogP contribution in [0.3, 0.4) is 0 Å². The van der Waals surface area contributed by atoms with E-state index in [0.29, 0.717) is 6.61 Å². The third-order valence-electron chi connectivity index (χ3n) is 7.97. The van der Waals surface area contributed by atoms with Gasteiger partial charge in [-0.1, -0.05) is 62.3 Å². The first-order valence-corrected chi connectivity index (χ1v) is 20.2. The first-order chi connectivity index (χ1) is 13.0. The maximum absolute atomic E-state index is 6.91. The fraction of sp³-hybridized carbons (Fsp3) is 0.957. The van der Waals surface area contributed by atoms with Crippen LogP contribution in [-0.2, 0) is 18.0 Å². The van der Waals surface area contributed by atoms with Crippen LogP contribution in [0, 0.1) is 37.7 Å². The van der Waals surface area contributed by atoms with Gasteiger partial charge in [-0.3, -0.25) is 0 Å². The molecule has 1 fully saturated rings. The smallest absolute Gasteiger partial charge is 0.192 e. The van der Waals surface area contributed by atoms with Crippen LogP contribution >= 0.6 is 0 Å².